The van der Waals surface area contributed by atoms with E-state index >= 15 is 0 Å². The number of esters is 1. The molecule has 0 fully saturated rings. The number of carboxylic acid groups (broad SMARTS) is 1. The van der Waals surface area contributed by atoms with Gasteiger partial charge in [0.05, 0.1) is 0 Å². The predicted octanol–water partition coefficient (Wildman–Crippen LogP) is 11.1. The fourth-order valence-electron chi connectivity index (χ4n) is 4.58. The average molecular weight is 547 g/mol. The third-order valence-electron chi connectivity index (χ3n) is 7.07. The summed E-state index contributed by atoms with van der Waals surface area (Å²) >= 11 is 0. The Morgan fingerprint density at radius 3 is 1.72 bits per heavy atom. The molecule has 0 aliphatic heterocycles. The van der Waals surface area contributed by atoms with E-state index in [-0.39, 0.29) is 18.5 Å². The molecule has 0 saturated carbocycles. The van der Waals surface area contributed by atoms with Gasteiger partial charge < -0.3 is 9.84 Å². The van der Waals surface area contributed by atoms with Crippen LogP contribution < -0.4 is 0 Å². The largest absolute Gasteiger partial charge is 0.481 e. The molecule has 0 amide bonds. The molecule has 1 N–H and O–H groups in total. The lowest BCUT2D eigenvalue weighted by molar-refractivity contribution is -0.147. The molecule has 0 radical (unpaired) electrons. The van der Waals surface area contributed by atoms with Gasteiger partial charge in [-0.3, -0.25) is 9.59 Å². The van der Waals surface area contributed by atoms with Crippen molar-refractivity contribution in [1.29, 1.82) is 0 Å². The Bertz CT molecular complexity index is 635. The molecule has 0 bridgehead atoms. The highest BCUT2D eigenvalue weighted by Crippen LogP contribution is 2.15. The average Bonchev–Trinajstić information content (AvgIpc) is 2.92. The first-order valence-corrected chi connectivity index (χ1v) is 16.5. The number of rotatable bonds is 29. The molecule has 4 heteroatoms. The topological polar surface area (TPSA) is 63.6 Å². The first-order valence-electron chi connectivity index (χ1n) is 16.5. The minimum Gasteiger partial charge on any atom is -0.481 e. The van der Waals surface area contributed by atoms with Gasteiger partial charge in [-0.05, 0) is 70.3 Å². The number of carboxylic acids is 1. The molecule has 0 aliphatic carbocycles. The van der Waals surface area contributed by atoms with E-state index in [1.165, 1.54) is 70.6 Å². The van der Waals surface area contributed by atoms with E-state index in [2.05, 4.69) is 50.3 Å². The molecule has 0 spiro atoms. The van der Waals surface area contributed by atoms with Gasteiger partial charge >= 0.3 is 11.9 Å². The molecule has 4 nitrogen and oxygen atoms in total. The van der Waals surface area contributed by atoms with Gasteiger partial charge in [-0.2, -0.15) is 0 Å². The van der Waals surface area contributed by atoms with E-state index in [9.17, 15) is 9.59 Å². The zero-order valence-electron chi connectivity index (χ0n) is 25.7. The fourth-order valence-corrected chi connectivity index (χ4v) is 4.58. The Kier molecular flexibility index (Phi) is 29.2. The maximum absolute atomic E-state index is 12.4. The van der Waals surface area contributed by atoms with Crippen LogP contribution in [0.3, 0.4) is 0 Å². The van der Waals surface area contributed by atoms with E-state index in [1.807, 2.05) is 0 Å². The van der Waals surface area contributed by atoms with Gasteiger partial charge in [0.1, 0.15) is 6.10 Å². The third kappa shape index (κ3) is 30.6. The molecule has 1 unspecified atom stereocenters. The molecule has 0 aromatic heterocycles. The highest BCUT2D eigenvalue weighted by molar-refractivity contribution is 5.69. The molecule has 226 valence electrons. The van der Waals surface area contributed by atoms with Crippen molar-refractivity contribution in [2.75, 3.05) is 0 Å². The molecule has 0 heterocycles. The van der Waals surface area contributed by atoms with Gasteiger partial charge in [-0.15, -0.1) is 0 Å². The molecule has 0 aliphatic rings. The van der Waals surface area contributed by atoms with E-state index in [4.69, 9.17) is 9.84 Å². The molecule has 0 saturated heterocycles. The van der Waals surface area contributed by atoms with Crippen LogP contribution in [-0.2, 0) is 14.3 Å². The number of carbonyl (C=O) groups is 2. The standard InChI is InChI=1S/C35H62O4/c1-3-5-7-9-10-11-12-13-14-15-16-17-18-19-20-21-22-28-32-35(38)39-33(29-25-8-6-4-2)30-26-23-24-27-31-34(36)37/h11-12,14-15,25,29,33H,3-10,13,16-24,26-28,30-32H2,1-2H3,(H,36,37)/b12-11-,15-14-,29-25-. The summed E-state index contributed by atoms with van der Waals surface area (Å²) in [4.78, 5) is 23.0. The molecular formula is C35H62O4. The van der Waals surface area contributed by atoms with Crippen LogP contribution in [-0.4, -0.2) is 23.1 Å². The number of aliphatic carboxylic acids is 1. The van der Waals surface area contributed by atoms with Gasteiger partial charge in [-0.1, -0.05) is 121 Å². The van der Waals surface area contributed by atoms with Gasteiger partial charge in [-0.25, -0.2) is 0 Å². The van der Waals surface area contributed by atoms with E-state index in [0.29, 0.717) is 6.42 Å². The first kappa shape index (κ1) is 37.2. The van der Waals surface area contributed by atoms with E-state index < -0.39 is 5.97 Å². The van der Waals surface area contributed by atoms with Crippen molar-refractivity contribution >= 4 is 11.9 Å². The number of ether oxygens (including phenoxy) is 1. The Balaban J connectivity index is 3.80. The molecule has 0 rings (SSSR count). The van der Waals surface area contributed by atoms with Crippen molar-refractivity contribution in [3.63, 3.8) is 0 Å². The zero-order valence-corrected chi connectivity index (χ0v) is 25.7. The summed E-state index contributed by atoms with van der Waals surface area (Å²) in [6, 6.07) is 0. The summed E-state index contributed by atoms with van der Waals surface area (Å²) in [5.74, 6) is -0.806. The minimum atomic E-state index is -0.726. The summed E-state index contributed by atoms with van der Waals surface area (Å²) in [6.07, 6.45) is 39.0. The lowest BCUT2D eigenvalue weighted by Gasteiger charge is -2.15. The van der Waals surface area contributed by atoms with Crippen molar-refractivity contribution in [2.24, 2.45) is 0 Å². The number of carbonyl (C=O) groups excluding carboxylic acids is 1. The Morgan fingerprint density at radius 1 is 0.590 bits per heavy atom. The Morgan fingerprint density at radius 2 is 1.10 bits per heavy atom. The van der Waals surface area contributed by atoms with Crippen LogP contribution in [0.15, 0.2) is 36.5 Å². The van der Waals surface area contributed by atoms with E-state index in [1.54, 1.807) is 0 Å². The highest BCUT2D eigenvalue weighted by Gasteiger charge is 2.11. The van der Waals surface area contributed by atoms with Crippen LogP contribution >= 0.6 is 0 Å². The van der Waals surface area contributed by atoms with Crippen molar-refractivity contribution < 1.29 is 19.4 Å². The number of hydrogen-bond donors (Lipinski definition) is 1. The zero-order chi connectivity index (χ0) is 28.7. The highest BCUT2D eigenvalue weighted by atomic mass is 16.5. The van der Waals surface area contributed by atoms with E-state index in [0.717, 1.165) is 70.6 Å². The number of allylic oxidation sites excluding steroid dienone is 5. The Labute approximate surface area is 241 Å². The monoisotopic (exact) mass is 546 g/mol. The van der Waals surface area contributed by atoms with Gasteiger partial charge in [0.15, 0.2) is 0 Å². The predicted molar refractivity (Wildman–Crippen MR) is 167 cm³/mol. The number of hydrogen-bond acceptors (Lipinski definition) is 3. The molecule has 0 aromatic rings. The summed E-state index contributed by atoms with van der Waals surface area (Å²) < 4.78 is 5.78. The molecule has 1 atom stereocenters. The smallest absolute Gasteiger partial charge is 0.306 e. The second-order valence-electron chi connectivity index (χ2n) is 11.0. The lowest BCUT2D eigenvalue weighted by atomic mass is 10.1. The Hall–Kier alpha value is -1.84. The SMILES string of the molecule is CCCC/C=C\C(CCCCCCC(=O)O)OC(=O)CCCCCCCCC/C=C\C/C=C\CCCCCC. The van der Waals surface area contributed by atoms with Crippen LogP contribution in [0.4, 0.5) is 0 Å². The molecular weight excluding hydrogens is 484 g/mol. The summed E-state index contributed by atoms with van der Waals surface area (Å²) in [6.45, 7) is 4.43. The van der Waals surface area contributed by atoms with Gasteiger partial charge in [0.2, 0.25) is 0 Å². The van der Waals surface area contributed by atoms with Crippen LogP contribution in [0.1, 0.15) is 168 Å². The minimum absolute atomic E-state index is 0.0795. The van der Waals surface area contributed by atoms with Crippen molar-refractivity contribution in [3.05, 3.63) is 36.5 Å². The summed E-state index contributed by atoms with van der Waals surface area (Å²) in [5, 5.41) is 8.75. The molecule has 0 aromatic carbocycles. The van der Waals surface area contributed by atoms with Crippen LogP contribution in [0, 0.1) is 0 Å². The quantitative estimate of drug-likeness (QED) is 0.0575. The van der Waals surface area contributed by atoms with Crippen molar-refractivity contribution in [3.8, 4) is 0 Å². The maximum atomic E-state index is 12.4. The third-order valence-corrected chi connectivity index (χ3v) is 7.07. The molecule has 39 heavy (non-hydrogen) atoms. The van der Waals surface area contributed by atoms with Crippen molar-refractivity contribution in [2.45, 2.75) is 174 Å². The van der Waals surface area contributed by atoms with Crippen LogP contribution in [0.25, 0.3) is 0 Å². The second-order valence-corrected chi connectivity index (χ2v) is 11.0. The maximum Gasteiger partial charge on any atom is 0.306 e. The van der Waals surface area contributed by atoms with Crippen LogP contribution in [0.5, 0.6) is 0 Å². The lowest BCUT2D eigenvalue weighted by Crippen LogP contribution is -2.16. The normalized spacial score (nSPS) is 12.7. The van der Waals surface area contributed by atoms with Gasteiger partial charge in [0.25, 0.3) is 0 Å². The second kappa shape index (κ2) is 30.7. The van der Waals surface area contributed by atoms with Crippen LogP contribution in [0.2, 0.25) is 0 Å². The summed E-state index contributed by atoms with van der Waals surface area (Å²) in [7, 11) is 0. The van der Waals surface area contributed by atoms with Crippen molar-refractivity contribution in [1.82, 2.24) is 0 Å². The fraction of sp³-hybridized carbons (Fsp3) is 0.771. The number of unbranched alkanes of at least 4 members (excludes halogenated alkanes) is 16. The summed E-state index contributed by atoms with van der Waals surface area (Å²) in [5.41, 5.74) is 0. The first-order chi connectivity index (χ1) is 19.1. The van der Waals surface area contributed by atoms with Gasteiger partial charge in [0, 0.05) is 12.8 Å².